The summed E-state index contributed by atoms with van der Waals surface area (Å²) in [4.78, 5) is 15.9. The molecule has 0 bridgehead atoms. The van der Waals surface area contributed by atoms with Gasteiger partial charge in [-0.3, -0.25) is 4.79 Å². The molecule has 1 amide bonds. The number of nitrogens with zero attached hydrogens (tertiary/aromatic N) is 1. The first kappa shape index (κ1) is 21.4. The summed E-state index contributed by atoms with van der Waals surface area (Å²) >= 11 is 1.33. The maximum Gasteiger partial charge on any atom is 0.264 e. The summed E-state index contributed by atoms with van der Waals surface area (Å²) in [5.41, 5.74) is 2.87. The molecule has 0 aliphatic carbocycles. The third-order valence-electron chi connectivity index (χ3n) is 5.78. The second kappa shape index (κ2) is 8.48. The van der Waals surface area contributed by atoms with Crippen LogP contribution in [-0.4, -0.2) is 26.6 Å². The Hall–Kier alpha value is -3.45. The molecule has 0 spiro atoms. The van der Waals surface area contributed by atoms with Crippen LogP contribution in [0, 0.1) is 11.6 Å². The van der Waals surface area contributed by atoms with Crippen molar-refractivity contribution in [3.63, 3.8) is 0 Å². The van der Waals surface area contributed by atoms with E-state index in [1.165, 1.54) is 23.5 Å². The number of nitrogens with one attached hydrogen (secondary N) is 1. The first-order valence-electron chi connectivity index (χ1n) is 10.6. The Labute approximate surface area is 194 Å². The summed E-state index contributed by atoms with van der Waals surface area (Å²) in [6, 6.07) is 16.6. The van der Waals surface area contributed by atoms with Crippen LogP contribution >= 0.6 is 11.3 Å². The highest BCUT2D eigenvalue weighted by atomic mass is 32.1. The lowest BCUT2D eigenvalue weighted by atomic mass is 10.0. The molecule has 1 atom stereocenters. The number of thiophene rings is 1. The normalized spacial score (nSPS) is 15.1. The van der Waals surface area contributed by atoms with Gasteiger partial charge in [0.25, 0.3) is 5.91 Å². The number of para-hydroxylation sites is 1. The molecule has 0 saturated carbocycles. The number of carbonyl (C=O) groups excluding carboxylic acids is 1. The fourth-order valence-electron chi connectivity index (χ4n) is 4.36. The number of ether oxygens (including phenoxy) is 1. The van der Waals surface area contributed by atoms with Crippen molar-refractivity contribution in [3.8, 4) is 16.9 Å². The molecule has 0 radical (unpaired) electrons. The van der Waals surface area contributed by atoms with Crippen molar-refractivity contribution in [1.82, 2.24) is 5.32 Å². The van der Waals surface area contributed by atoms with Gasteiger partial charge in [-0.05, 0) is 29.3 Å². The minimum Gasteiger partial charge on any atom is -0.493 e. The SMILES string of the molecule is CN(C)c1c(C(=O)N[C@H]2CCOc3ccccc32)sc2c(-c3cc(F)cc(F)c3)cccc12. The lowest BCUT2D eigenvalue weighted by molar-refractivity contribution is 0.0929. The fraction of sp³-hybridized carbons (Fsp3) is 0.192. The first-order valence-corrected chi connectivity index (χ1v) is 11.5. The van der Waals surface area contributed by atoms with E-state index in [1.807, 2.05) is 61.5 Å². The Morgan fingerprint density at radius 2 is 1.82 bits per heavy atom. The fourth-order valence-corrected chi connectivity index (χ4v) is 5.67. The predicted molar refractivity (Wildman–Crippen MR) is 128 cm³/mol. The summed E-state index contributed by atoms with van der Waals surface area (Å²) in [7, 11) is 3.77. The van der Waals surface area contributed by atoms with E-state index in [0.717, 1.165) is 33.2 Å². The van der Waals surface area contributed by atoms with Gasteiger partial charge in [-0.2, -0.15) is 0 Å². The monoisotopic (exact) mass is 464 g/mol. The number of hydrogen-bond acceptors (Lipinski definition) is 4. The average molecular weight is 465 g/mol. The predicted octanol–water partition coefficient (Wildman–Crippen LogP) is 6.17. The van der Waals surface area contributed by atoms with Gasteiger partial charge < -0.3 is 15.0 Å². The zero-order chi connectivity index (χ0) is 23.1. The van der Waals surface area contributed by atoms with E-state index in [2.05, 4.69) is 5.32 Å². The van der Waals surface area contributed by atoms with Gasteiger partial charge in [0.1, 0.15) is 22.3 Å². The molecule has 1 aliphatic rings. The van der Waals surface area contributed by atoms with Gasteiger partial charge in [-0.15, -0.1) is 11.3 Å². The van der Waals surface area contributed by atoms with Crippen LogP contribution in [-0.2, 0) is 0 Å². The standard InChI is InChI=1S/C26H22F2N2O2S/c1-30(2)23-20-8-5-7-18(15-12-16(27)14-17(28)13-15)24(20)33-25(23)26(31)29-21-10-11-32-22-9-4-3-6-19(21)22/h3-9,12-14,21H,10-11H2,1-2H3,(H,29,31)/t21-/m0/s1. The van der Waals surface area contributed by atoms with Gasteiger partial charge in [0.05, 0.1) is 18.3 Å². The molecule has 1 aliphatic heterocycles. The summed E-state index contributed by atoms with van der Waals surface area (Å²) in [5, 5.41) is 4.04. The Bertz CT molecular complexity index is 1350. The highest BCUT2D eigenvalue weighted by molar-refractivity contribution is 7.22. The third-order valence-corrected chi connectivity index (χ3v) is 7.01. The van der Waals surface area contributed by atoms with Crippen LogP contribution in [0.1, 0.15) is 27.7 Å². The van der Waals surface area contributed by atoms with Crippen molar-refractivity contribution in [2.75, 3.05) is 25.6 Å². The van der Waals surface area contributed by atoms with Crippen LogP contribution < -0.4 is 15.0 Å². The molecule has 0 unspecified atom stereocenters. The zero-order valence-corrected chi connectivity index (χ0v) is 19.0. The van der Waals surface area contributed by atoms with E-state index in [-0.39, 0.29) is 11.9 Å². The van der Waals surface area contributed by atoms with Crippen molar-refractivity contribution >= 4 is 33.0 Å². The number of benzene rings is 3. The minimum atomic E-state index is -0.637. The molecule has 168 valence electrons. The summed E-state index contributed by atoms with van der Waals surface area (Å²) in [6.45, 7) is 0.532. The molecular weight excluding hydrogens is 442 g/mol. The molecular formula is C26H22F2N2O2S. The molecule has 0 saturated heterocycles. The molecule has 0 fully saturated rings. The number of hydrogen-bond donors (Lipinski definition) is 1. The third kappa shape index (κ3) is 3.93. The van der Waals surface area contributed by atoms with E-state index in [0.29, 0.717) is 29.0 Å². The lowest BCUT2D eigenvalue weighted by Crippen LogP contribution is -2.32. The minimum absolute atomic E-state index is 0.153. The summed E-state index contributed by atoms with van der Waals surface area (Å²) in [5.74, 6) is -0.670. The second-order valence-electron chi connectivity index (χ2n) is 8.22. The van der Waals surface area contributed by atoms with E-state index >= 15 is 0 Å². The summed E-state index contributed by atoms with van der Waals surface area (Å²) in [6.07, 6.45) is 0.679. The first-order chi connectivity index (χ1) is 15.9. The van der Waals surface area contributed by atoms with E-state index in [1.54, 1.807) is 0 Å². The second-order valence-corrected chi connectivity index (χ2v) is 9.24. The molecule has 4 nitrogen and oxygen atoms in total. The Morgan fingerprint density at radius 1 is 1.06 bits per heavy atom. The topological polar surface area (TPSA) is 41.6 Å². The summed E-state index contributed by atoms with van der Waals surface area (Å²) < 4.78 is 34.4. The number of carbonyl (C=O) groups is 1. The van der Waals surface area contributed by atoms with Gasteiger partial charge in [-0.1, -0.05) is 36.4 Å². The number of anilines is 1. The highest BCUT2D eigenvalue weighted by Crippen LogP contribution is 2.43. The molecule has 5 rings (SSSR count). The quantitative estimate of drug-likeness (QED) is 0.393. The van der Waals surface area contributed by atoms with Crippen molar-refractivity contribution in [2.45, 2.75) is 12.5 Å². The van der Waals surface area contributed by atoms with Gasteiger partial charge in [-0.25, -0.2) is 8.78 Å². The number of rotatable bonds is 4. The molecule has 2 heterocycles. The average Bonchev–Trinajstić information content (AvgIpc) is 3.19. The van der Waals surface area contributed by atoms with Gasteiger partial charge in [0.2, 0.25) is 0 Å². The number of halogens is 2. The molecule has 1 N–H and O–H groups in total. The van der Waals surface area contributed by atoms with Crippen LogP contribution in [0.15, 0.2) is 60.7 Å². The maximum absolute atomic E-state index is 13.9. The number of amides is 1. The Balaban J connectivity index is 1.59. The van der Waals surface area contributed by atoms with Crippen molar-refractivity contribution in [2.24, 2.45) is 0 Å². The zero-order valence-electron chi connectivity index (χ0n) is 18.2. The van der Waals surface area contributed by atoms with Crippen LogP contribution in [0.3, 0.4) is 0 Å². The van der Waals surface area contributed by atoms with Crippen molar-refractivity contribution in [3.05, 3.63) is 82.7 Å². The van der Waals surface area contributed by atoms with E-state index in [9.17, 15) is 13.6 Å². The molecule has 1 aromatic heterocycles. The van der Waals surface area contributed by atoms with E-state index < -0.39 is 11.6 Å². The molecule has 7 heteroatoms. The molecule has 3 aromatic carbocycles. The Kier molecular flexibility index (Phi) is 5.50. The molecule has 33 heavy (non-hydrogen) atoms. The van der Waals surface area contributed by atoms with Crippen LogP contribution in [0.2, 0.25) is 0 Å². The van der Waals surface area contributed by atoms with Gasteiger partial charge in [0.15, 0.2) is 0 Å². The van der Waals surface area contributed by atoms with Crippen molar-refractivity contribution in [1.29, 1.82) is 0 Å². The van der Waals surface area contributed by atoms with Crippen LogP contribution in [0.4, 0.5) is 14.5 Å². The molecule has 4 aromatic rings. The van der Waals surface area contributed by atoms with Gasteiger partial charge >= 0.3 is 0 Å². The van der Waals surface area contributed by atoms with E-state index in [4.69, 9.17) is 4.74 Å². The maximum atomic E-state index is 13.9. The number of fused-ring (bicyclic) bond motifs is 2. The Morgan fingerprint density at radius 3 is 2.58 bits per heavy atom. The van der Waals surface area contributed by atoms with Crippen LogP contribution in [0.5, 0.6) is 5.75 Å². The smallest absolute Gasteiger partial charge is 0.264 e. The van der Waals surface area contributed by atoms with Crippen molar-refractivity contribution < 1.29 is 18.3 Å². The van der Waals surface area contributed by atoms with Gasteiger partial charge in [0, 0.05) is 42.2 Å². The largest absolute Gasteiger partial charge is 0.493 e. The highest BCUT2D eigenvalue weighted by Gasteiger charge is 2.27. The van der Waals surface area contributed by atoms with Crippen LogP contribution in [0.25, 0.3) is 21.2 Å². The lowest BCUT2D eigenvalue weighted by Gasteiger charge is -2.26.